The number of halogens is 1. The number of rotatable bonds is 2. The average Bonchev–Trinajstić information content (AvgIpc) is 2.42. The van der Waals surface area contributed by atoms with Crippen molar-refractivity contribution in [2.24, 2.45) is 11.8 Å². The van der Waals surface area contributed by atoms with Crippen LogP contribution in [0.5, 0.6) is 0 Å². The van der Waals surface area contributed by atoms with E-state index in [-0.39, 0.29) is 6.67 Å². The highest BCUT2D eigenvalue weighted by Gasteiger charge is 2.44. The highest BCUT2D eigenvalue weighted by atomic mass is 19.1. The molecule has 2 heteroatoms. The van der Waals surface area contributed by atoms with Crippen LogP contribution in [0.3, 0.4) is 0 Å². The number of alkyl halides is 1. The van der Waals surface area contributed by atoms with Crippen LogP contribution in [0.15, 0.2) is 0 Å². The first-order valence-corrected chi connectivity index (χ1v) is 3.68. The second kappa shape index (κ2) is 1.94. The molecule has 0 bridgehead atoms. The van der Waals surface area contributed by atoms with E-state index in [2.05, 4.69) is 4.90 Å². The van der Waals surface area contributed by atoms with Crippen molar-refractivity contribution in [2.45, 2.75) is 6.42 Å². The molecule has 0 N–H and O–H groups in total. The number of hydrogen-bond donors (Lipinski definition) is 0. The van der Waals surface area contributed by atoms with Gasteiger partial charge in [0.1, 0.15) is 6.67 Å². The summed E-state index contributed by atoms with van der Waals surface area (Å²) in [5, 5.41) is 0. The quantitative estimate of drug-likeness (QED) is 0.535. The van der Waals surface area contributed by atoms with Crippen molar-refractivity contribution >= 4 is 0 Å². The molecule has 1 aliphatic carbocycles. The molecule has 2 unspecified atom stereocenters. The molecular weight excluding hydrogens is 117 g/mol. The van der Waals surface area contributed by atoms with Crippen molar-refractivity contribution in [3.63, 3.8) is 0 Å². The normalized spacial score (nSPS) is 41.0. The summed E-state index contributed by atoms with van der Waals surface area (Å²) >= 11 is 0. The molecule has 0 radical (unpaired) electrons. The molecule has 1 heterocycles. The monoisotopic (exact) mass is 129 g/mol. The van der Waals surface area contributed by atoms with Crippen LogP contribution in [0, 0.1) is 11.8 Å². The number of likely N-dealkylation sites (tertiary alicyclic amines) is 1. The second-order valence-electron chi connectivity index (χ2n) is 3.20. The predicted molar refractivity (Wildman–Crippen MR) is 34.0 cm³/mol. The summed E-state index contributed by atoms with van der Waals surface area (Å²) in [6.07, 6.45) is 1.42. The van der Waals surface area contributed by atoms with Crippen molar-refractivity contribution in [1.82, 2.24) is 4.90 Å². The number of nitrogens with zero attached hydrogens (tertiary/aromatic N) is 1. The average molecular weight is 129 g/mol. The Labute approximate surface area is 54.8 Å². The van der Waals surface area contributed by atoms with Gasteiger partial charge in [0.05, 0.1) is 0 Å². The third-order valence-corrected chi connectivity index (χ3v) is 2.46. The van der Waals surface area contributed by atoms with Gasteiger partial charge >= 0.3 is 0 Å². The summed E-state index contributed by atoms with van der Waals surface area (Å²) in [4.78, 5) is 2.23. The Bertz CT molecular complexity index is 105. The fraction of sp³-hybridized carbons (Fsp3) is 1.00. The molecule has 1 saturated heterocycles. The molecule has 0 spiro atoms. The van der Waals surface area contributed by atoms with Gasteiger partial charge in [-0.05, 0) is 18.3 Å². The van der Waals surface area contributed by atoms with Crippen LogP contribution in [-0.4, -0.2) is 31.2 Å². The molecule has 0 amide bonds. The molecule has 0 aromatic heterocycles. The van der Waals surface area contributed by atoms with Gasteiger partial charge in [-0.25, -0.2) is 4.39 Å². The lowest BCUT2D eigenvalue weighted by Gasteiger charge is -2.13. The van der Waals surface area contributed by atoms with Crippen molar-refractivity contribution in [3.05, 3.63) is 0 Å². The molecule has 2 fully saturated rings. The first-order chi connectivity index (χ1) is 4.40. The molecule has 1 nitrogen and oxygen atoms in total. The summed E-state index contributed by atoms with van der Waals surface area (Å²) in [5.74, 6) is 1.91. The van der Waals surface area contributed by atoms with E-state index < -0.39 is 0 Å². The van der Waals surface area contributed by atoms with E-state index in [4.69, 9.17) is 0 Å². The SMILES string of the molecule is FCCN1CC2CC2C1. The van der Waals surface area contributed by atoms with Crippen LogP contribution < -0.4 is 0 Å². The highest BCUT2D eigenvalue weighted by molar-refractivity contribution is 4.96. The summed E-state index contributed by atoms with van der Waals surface area (Å²) in [6.45, 7) is 2.86. The Morgan fingerprint density at radius 1 is 1.33 bits per heavy atom. The van der Waals surface area contributed by atoms with Crippen LogP contribution in [0.4, 0.5) is 4.39 Å². The van der Waals surface area contributed by atoms with Crippen molar-refractivity contribution < 1.29 is 4.39 Å². The van der Waals surface area contributed by atoms with E-state index >= 15 is 0 Å². The summed E-state index contributed by atoms with van der Waals surface area (Å²) in [6, 6.07) is 0. The smallest absolute Gasteiger partial charge is 0.102 e. The van der Waals surface area contributed by atoms with Gasteiger partial charge in [0.25, 0.3) is 0 Å². The minimum absolute atomic E-state index is 0.167. The Kier molecular flexibility index (Phi) is 1.22. The maximum absolute atomic E-state index is 11.7. The lowest BCUT2D eigenvalue weighted by molar-refractivity contribution is 0.273. The van der Waals surface area contributed by atoms with Crippen molar-refractivity contribution in [2.75, 3.05) is 26.3 Å². The zero-order valence-electron chi connectivity index (χ0n) is 5.52. The van der Waals surface area contributed by atoms with E-state index in [9.17, 15) is 4.39 Å². The van der Waals surface area contributed by atoms with Crippen LogP contribution in [-0.2, 0) is 0 Å². The van der Waals surface area contributed by atoms with Gasteiger partial charge in [0, 0.05) is 19.6 Å². The van der Waals surface area contributed by atoms with Gasteiger partial charge in [-0.2, -0.15) is 0 Å². The summed E-state index contributed by atoms with van der Waals surface area (Å²) < 4.78 is 11.7. The maximum Gasteiger partial charge on any atom is 0.102 e. The van der Waals surface area contributed by atoms with Gasteiger partial charge in [-0.15, -0.1) is 0 Å². The molecule has 2 atom stereocenters. The molecule has 2 aliphatic rings. The third kappa shape index (κ3) is 0.960. The lowest BCUT2D eigenvalue weighted by atomic mass is 10.4. The van der Waals surface area contributed by atoms with Crippen LogP contribution >= 0.6 is 0 Å². The highest BCUT2D eigenvalue weighted by Crippen LogP contribution is 2.44. The fourth-order valence-electron chi connectivity index (χ4n) is 1.80. The maximum atomic E-state index is 11.7. The van der Waals surface area contributed by atoms with Gasteiger partial charge in [0.15, 0.2) is 0 Å². The Balaban J connectivity index is 1.77. The molecule has 52 valence electrons. The molecule has 0 aromatic rings. The fourth-order valence-corrected chi connectivity index (χ4v) is 1.80. The second-order valence-corrected chi connectivity index (χ2v) is 3.20. The van der Waals surface area contributed by atoms with E-state index in [0.717, 1.165) is 11.8 Å². The summed E-state index contributed by atoms with van der Waals surface area (Å²) in [7, 11) is 0. The van der Waals surface area contributed by atoms with E-state index in [1.807, 2.05) is 0 Å². The largest absolute Gasteiger partial charge is 0.300 e. The minimum atomic E-state index is -0.167. The third-order valence-electron chi connectivity index (χ3n) is 2.46. The first kappa shape index (κ1) is 5.66. The Morgan fingerprint density at radius 2 is 2.00 bits per heavy atom. The van der Waals surface area contributed by atoms with Gasteiger partial charge < -0.3 is 4.90 Å². The van der Waals surface area contributed by atoms with E-state index in [0.29, 0.717) is 6.54 Å². The molecule has 2 rings (SSSR count). The standard InChI is InChI=1S/C7H12FN/c8-1-2-9-4-6-3-7(6)5-9/h6-7H,1-5H2. The minimum Gasteiger partial charge on any atom is -0.300 e. The van der Waals surface area contributed by atoms with E-state index in [1.54, 1.807) is 0 Å². The number of piperidine rings is 1. The zero-order valence-corrected chi connectivity index (χ0v) is 5.52. The Morgan fingerprint density at radius 3 is 2.56 bits per heavy atom. The molecule has 1 saturated carbocycles. The predicted octanol–water partition coefficient (Wildman–Crippen LogP) is 0.908. The molecule has 0 aromatic carbocycles. The van der Waals surface area contributed by atoms with Crippen LogP contribution in [0.25, 0.3) is 0 Å². The topological polar surface area (TPSA) is 3.24 Å². The lowest BCUT2D eigenvalue weighted by Crippen LogP contribution is -2.24. The van der Waals surface area contributed by atoms with Gasteiger partial charge in [-0.3, -0.25) is 0 Å². The Hall–Kier alpha value is -0.110. The summed E-state index contributed by atoms with van der Waals surface area (Å²) in [5.41, 5.74) is 0. The van der Waals surface area contributed by atoms with Crippen LogP contribution in [0.2, 0.25) is 0 Å². The molecule has 9 heavy (non-hydrogen) atoms. The molecule has 1 aliphatic heterocycles. The van der Waals surface area contributed by atoms with Crippen LogP contribution in [0.1, 0.15) is 6.42 Å². The van der Waals surface area contributed by atoms with Crippen molar-refractivity contribution in [1.29, 1.82) is 0 Å². The molecular formula is C7H12FN. The number of hydrogen-bond acceptors (Lipinski definition) is 1. The number of fused-ring (bicyclic) bond motifs is 1. The van der Waals surface area contributed by atoms with Gasteiger partial charge in [0.2, 0.25) is 0 Å². The van der Waals surface area contributed by atoms with E-state index in [1.165, 1.54) is 19.5 Å². The zero-order chi connectivity index (χ0) is 6.27. The van der Waals surface area contributed by atoms with Crippen molar-refractivity contribution in [3.8, 4) is 0 Å². The van der Waals surface area contributed by atoms with Gasteiger partial charge in [-0.1, -0.05) is 0 Å². The first-order valence-electron chi connectivity index (χ1n) is 3.68.